The minimum atomic E-state index is -0.492. The van der Waals surface area contributed by atoms with E-state index in [9.17, 15) is 14.9 Å². The van der Waals surface area contributed by atoms with Gasteiger partial charge in [-0.05, 0) is 44.0 Å². The minimum Gasteiger partial charge on any atom is -0.316 e. The Morgan fingerprint density at radius 3 is 2.40 bits per heavy atom. The van der Waals surface area contributed by atoms with Gasteiger partial charge in [-0.2, -0.15) is 4.99 Å². The highest BCUT2D eigenvalue weighted by atomic mass is 32.1. The van der Waals surface area contributed by atoms with E-state index in [1.807, 2.05) is 25.3 Å². The quantitative estimate of drug-likeness (QED) is 0.526. The summed E-state index contributed by atoms with van der Waals surface area (Å²) in [7, 11) is 0. The minimum absolute atomic E-state index is 0.0479. The van der Waals surface area contributed by atoms with E-state index in [2.05, 4.69) is 17.1 Å². The SMILES string of the molecule is CCn1c(=NC(=O)c2ccc([N+](=O)[O-])cc2)sc2c(C)ccc(C)c21. The summed E-state index contributed by atoms with van der Waals surface area (Å²) in [5, 5.41) is 10.7. The average Bonchev–Trinajstić information content (AvgIpc) is 2.97. The summed E-state index contributed by atoms with van der Waals surface area (Å²) in [5.41, 5.74) is 3.68. The van der Waals surface area contributed by atoms with Crippen LogP contribution in [0.15, 0.2) is 41.4 Å². The molecule has 0 N–H and O–H groups in total. The molecule has 1 amide bonds. The molecule has 0 radical (unpaired) electrons. The third-order valence-electron chi connectivity index (χ3n) is 4.06. The van der Waals surface area contributed by atoms with Crippen molar-refractivity contribution in [3.05, 3.63) is 68.0 Å². The molecule has 0 unspecified atom stereocenters. The average molecular weight is 355 g/mol. The number of carbonyl (C=O) groups excluding carboxylic acids is 1. The van der Waals surface area contributed by atoms with Crippen molar-refractivity contribution < 1.29 is 9.72 Å². The van der Waals surface area contributed by atoms with Crippen LogP contribution in [0.2, 0.25) is 0 Å². The molecule has 0 saturated heterocycles. The maximum absolute atomic E-state index is 12.5. The summed E-state index contributed by atoms with van der Waals surface area (Å²) in [5.74, 6) is -0.404. The first kappa shape index (κ1) is 17.0. The molecule has 128 valence electrons. The van der Waals surface area contributed by atoms with Crippen LogP contribution in [0.4, 0.5) is 5.69 Å². The normalized spacial score (nSPS) is 11.9. The number of thiazole rings is 1. The molecule has 3 rings (SSSR count). The number of rotatable bonds is 3. The largest absolute Gasteiger partial charge is 0.316 e. The van der Waals surface area contributed by atoms with Gasteiger partial charge in [0.15, 0.2) is 4.80 Å². The molecule has 0 bridgehead atoms. The van der Waals surface area contributed by atoms with Gasteiger partial charge in [-0.1, -0.05) is 23.5 Å². The summed E-state index contributed by atoms with van der Waals surface area (Å²) in [6, 6.07) is 9.63. The predicted molar refractivity (Wildman–Crippen MR) is 98.0 cm³/mol. The van der Waals surface area contributed by atoms with Crippen LogP contribution in [0, 0.1) is 24.0 Å². The third kappa shape index (κ3) is 3.10. The van der Waals surface area contributed by atoms with Gasteiger partial charge in [-0.15, -0.1) is 0 Å². The molecule has 25 heavy (non-hydrogen) atoms. The van der Waals surface area contributed by atoms with Crippen molar-refractivity contribution in [2.75, 3.05) is 0 Å². The highest BCUT2D eigenvalue weighted by molar-refractivity contribution is 7.16. The van der Waals surface area contributed by atoms with Crippen LogP contribution in [0.25, 0.3) is 10.2 Å². The van der Waals surface area contributed by atoms with Crippen molar-refractivity contribution in [1.29, 1.82) is 0 Å². The Kier molecular flexibility index (Phi) is 4.50. The van der Waals surface area contributed by atoms with Crippen molar-refractivity contribution in [1.82, 2.24) is 4.57 Å². The van der Waals surface area contributed by atoms with Gasteiger partial charge in [0.05, 0.1) is 15.1 Å². The number of amides is 1. The smallest absolute Gasteiger partial charge is 0.279 e. The first-order valence-electron chi connectivity index (χ1n) is 7.85. The second-order valence-electron chi connectivity index (χ2n) is 5.73. The number of carbonyl (C=O) groups is 1. The lowest BCUT2D eigenvalue weighted by molar-refractivity contribution is -0.384. The molecule has 1 aromatic heterocycles. The summed E-state index contributed by atoms with van der Waals surface area (Å²) in [4.78, 5) is 27.6. The van der Waals surface area contributed by atoms with Gasteiger partial charge >= 0.3 is 0 Å². The van der Waals surface area contributed by atoms with Crippen LogP contribution in [0.5, 0.6) is 0 Å². The predicted octanol–water partition coefficient (Wildman–Crippen LogP) is 3.99. The Hall–Kier alpha value is -2.80. The van der Waals surface area contributed by atoms with E-state index in [0.29, 0.717) is 16.9 Å². The maximum Gasteiger partial charge on any atom is 0.279 e. The van der Waals surface area contributed by atoms with E-state index in [-0.39, 0.29) is 5.69 Å². The third-order valence-corrected chi connectivity index (χ3v) is 5.28. The van der Waals surface area contributed by atoms with Crippen LogP contribution in [0.1, 0.15) is 28.4 Å². The zero-order valence-corrected chi connectivity index (χ0v) is 15.0. The van der Waals surface area contributed by atoms with Gasteiger partial charge in [0.1, 0.15) is 0 Å². The molecule has 2 aromatic carbocycles. The van der Waals surface area contributed by atoms with Crippen LogP contribution in [-0.4, -0.2) is 15.4 Å². The Labute approximate surface area is 148 Å². The van der Waals surface area contributed by atoms with Crippen molar-refractivity contribution >= 4 is 33.1 Å². The van der Waals surface area contributed by atoms with E-state index >= 15 is 0 Å². The summed E-state index contributed by atoms with van der Waals surface area (Å²) < 4.78 is 3.16. The molecule has 0 aliphatic heterocycles. The van der Waals surface area contributed by atoms with E-state index in [0.717, 1.165) is 21.3 Å². The number of nitro benzene ring substituents is 1. The zero-order valence-electron chi connectivity index (χ0n) is 14.1. The number of hydrogen-bond donors (Lipinski definition) is 0. The van der Waals surface area contributed by atoms with E-state index < -0.39 is 10.8 Å². The lowest BCUT2D eigenvalue weighted by atomic mass is 10.1. The molecule has 0 spiro atoms. The van der Waals surface area contributed by atoms with Crippen LogP contribution in [0.3, 0.4) is 0 Å². The van der Waals surface area contributed by atoms with Gasteiger partial charge in [0.2, 0.25) is 0 Å². The fourth-order valence-electron chi connectivity index (χ4n) is 2.73. The molecule has 0 saturated carbocycles. The molecule has 3 aromatic rings. The molecule has 7 heteroatoms. The first-order valence-corrected chi connectivity index (χ1v) is 8.67. The van der Waals surface area contributed by atoms with Gasteiger partial charge in [-0.3, -0.25) is 14.9 Å². The Bertz CT molecular complexity index is 1050. The molecule has 6 nitrogen and oxygen atoms in total. The van der Waals surface area contributed by atoms with Crippen molar-refractivity contribution in [3.63, 3.8) is 0 Å². The number of hydrogen-bond acceptors (Lipinski definition) is 4. The number of aromatic nitrogens is 1. The second kappa shape index (κ2) is 6.60. The van der Waals surface area contributed by atoms with Gasteiger partial charge in [0.25, 0.3) is 11.6 Å². The highest BCUT2D eigenvalue weighted by Gasteiger charge is 2.12. The van der Waals surface area contributed by atoms with Crippen molar-refractivity contribution in [2.24, 2.45) is 4.99 Å². The fraction of sp³-hybridized carbons (Fsp3) is 0.222. The summed E-state index contributed by atoms with van der Waals surface area (Å²) in [6.07, 6.45) is 0. The van der Waals surface area contributed by atoms with Crippen molar-refractivity contribution in [3.8, 4) is 0 Å². The first-order chi connectivity index (χ1) is 11.9. The summed E-state index contributed by atoms with van der Waals surface area (Å²) >= 11 is 1.49. The lowest BCUT2D eigenvalue weighted by Crippen LogP contribution is -2.16. The van der Waals surface area contributed by atoms with Crippen LogP contribution < -0.4 is 4.80 Å². The molecular weight excluding hydrogens is 338 g/mol. The van der Waals surface area contributed by atoms with Crippen LogP contribution >= 0.6 is 11.3 Å². The Balaban J connectivity index is 2.12. The second-order valence-corrected chi connectivity index (χ2v) is 6.70. The Morgan fingerprint density at radius 1 is 1.16 bits per heavy atom. The van der Waals surface area contributed by atoms with E-state index in [4.69, 9.17) is 0 Å². The van der Waals surface area contributed by atoms with Gasteiger partial charge < -0.3 is 4.57 Å². The number of nitro groups is 1. The van der Waals surface area contributed by atoms with Gasteiger partial charge in [0, 0.05) is 24.2 Å². The fourth-order valence-corrected chi connectivity index (χ4v) is 3.97. The number of nitrogens with zero attached hydrogens (tertiary/aromatic N) is 3. The molecule has 0 fully saturated rings. The highest BCUT2D eigenvalue weighted by Crippen LogP contribution is 2.25. The molecule has 0 atom stereocenters. The standard InChI is InChI=1S/C18H17N3O3S/c1-4-20-15-11(2)5-6-12(3)16(15)25-18(20)19-17(22)13-7-9-14(10-8-13)21(23)24/h5-10H,4H2,1-3H3. The molecular formula is C18H17N3O3S. The summed E-state index contributed by atoms with van der Waals surface area (Å²) in [6.45, 7) is 6.81. The number of aryl methyl sites for hydroxylation is 3. The molecule has 0 aliphatic carbocycles. The Morgan fingerprint density at radius 2 is 1.80 bits per heavy atom. The number of non-ortho nitro benzene ring substituents is 1. The molecule has 0 aliphatic rings. The topological polar surface area (TPSA) is 77.5 Å². The monoisotopic (exact) mass is 355 g/mol. The zero-order chi connectivity index (χ0) is 18.1. The maximum atomic E-state index is 12.5. The van der Waals surface area contributed by atoms with E-state index in [1.54, 1.807) is 0 Å². The number of benzene rings is 2. The van der Waals surface area contributed by atoms with E-state index in [1.165, 1.54) is 35.6 Å². The molecule has 1 heterocycles. The van der Waals surface area contributed by atoms with Gasteiger partial charge in [-0.25, -0.2) is 0 Å². The lowest BCUT2D eigenvalue weighted by Gasteiger charge is -2.04. The number of fused-ring (bicyclic) bond motifs is 1. The van der Waals surface area contributed by atoms with Crippen LogP contribution in [-0.2, 0) is 6.54 Å². The van der Waals surface area contributed by atoms with Crippen molar-refractivity contribution in [2.45, 2.75) is 27.3 Å².